The lowest BCUT2D eigenvalue weighted by atomic mass is 9.91. The van der Waals surface area contributed by atoms with E-state index in [1.54, 1.807) is 6.07 Å². The van der Waals surface area contributed by atoms with Crippen LogP contribution in [-0.2, 0) is 4.79 Å². The number of likely N-dealkylation sites (tertiary alicyclic amines) is 1. The van der Waals surface area contributed by atoms with Crippen LogP contribution < -0.4 is 0 Å². The molecule has 2 aliphatic heterocycles. The number of furan rings is 1. The first-order valence-electron chi connectivity index (χ1n) is 9.30. The van der Waals surface area contributed by atoms with Gasteiger partial charge in [0.05, 0.1) is 17.9 Å². The number of hydrogen-bond donors (Lipinski definition) is 0. The Hall–Kier alpha value is -1.82. The zero-order valence-electron chi connectivity index (χ0n) is 15.5. The number of nitrogens with zero attached hydrogens (tertiary/aromatic N) is 3. The molecule has 2 saturated heterocycles. The molecule has 0 spiro atoms. The van der Waals surface area contributed by atoms with Crippen LogP contribution in [0.25, 0.3) is 0 Å². The molecular formula is C19H29N3O3. The Labute approximate surface area is 149 Å². The van der Waals surface area contributed by atoms with Crippen molar-refractivity contribution < 1.29 is 14.0 Å². The van der Waals surface area contributed by atoms with Gasteiger partial charge in [0.1, 0.15) is 6.26 Å². The first-order valence-corrected chi connectivity index (χ1v) is 9.30. The summed E-state index contributed by atoms with van der Waals surface area (Å²) in [5, 5.41) is 0. The van der Waals surface area contributed by atoms with Gasteiger partial charge in [0.25, 0.3) is 5.91 Å². The van der Waals surface area contributed by atoms with Gasteiger partial charge in [-0.15, -0.1) is 0 Å². The van der Waals surface area contributed by atoms with Gasteiger partial charge in [0.15, 0.2) is 0 Å². The Morgan fingerprint density at radius 1 is 1.08 bits per heavy atom. The molecule has 3 atom stereocenters. The van der Waals surface area contributed by atoms with E-state index >= 15 is 0 Å². The highest BCUT2D eigenvalue weighted by atomic mass is 16.3. The van der Waals surface area contributed by atoms with Crippen LogP contribution in [0.2, 0.25) is 0 Å². The predicted octanol–water partition coefficient (Wildman–Crippen LogP) is 1.93. The molecule has 6 nitrogen and oxygen atoms in total. The van der Waals surface area contributed by atoms with Crippen LogP contribution in [0, 0.1) is 11.8 Å². The summed E-state index contributed by atoms with van der Waals surface area (Å²) in [5.41, 5.74) is 0.592. The first-order chi connectivity index (χ1) is 12.0. The second kappa shape index (κ2) is 7.60. The third-order valence-electron chi connectivity index (χ3n) is 5.46. The Morgan fingerprint density at radius 2 is 1.72 bits per heavy atom. The summed E-state index contributed by atoms with van der Waals surface area (Å²) in [7, 11) is 0. The number of piperidine rings is 1. The van der Waals surface area contributed by atoms with Gasteiger partial charge in [-0.1, -0.05) is 13.8 Å². The van der Waals surface area contributed by atoms with Crippen LogP contribution in [-0.4, -0.2) is 71.8 Å². The van der Waals surface area contributed by atoms with Gasteiger partial charge in [-0.25, -0.2) is 0 Å². The summed E-state index contributed by atoms with van der Waals surface area (Å²) in [6.45, 7) is 10.9. The molecule has 1 aromatic heterocycles. The molecule has 0 bridgehead atoms. The van der Waals surface area contributed by atoms with Crippen molar-refractivity contribution in [2.75, 3.05) is 39.3 Å². The van der Waals surface area contributed by atoms with Crippen molar-refractivity contribution in [1.29, 1.82) is 0 Å². The topological polar surface area (TPSA) is 57.0 Å². The van der Waals surface area contributed by atoms with E-state index in [9.17, 15) is 9.59 Å². The highest BCUT2D eigenvalue weighted by Crippen LogP contribution is 2.22. The lowest BCUT2D eigenvalue weighted by Crippen LogP contribution is -2.56. The average Bonchev–Trinajstić information content (AvgIpc) is 3.14. The summed E-state index contributed by atoms with van der Waals surface area (Å²) < 4.78 is 4.99. The van der Waals surface area contributed by atoms with E-state index in [-0.39, 0.29) is 17.9 Å². The maximum Gasteiger partial charge on any atom is 0.257 e. The number of carbonyl (C=O) groups is 2. The van der Waals surface area contributed by atoms with Gasteiger partial charge in [-0.2, -0.15) is 0 Å². The minimum Gasteiger partial charge on any atom is -0.472 e. The van der Waals surface area contributed by atoms with Gasteiger partial charge >= 0.3 is 0 Å². The van der Waals surface area contributed by atoms with Crippen molar-refractivity contribution in [3.8, 4) is 0 Å². The fraction of sp³-hybridized carbons (Fsp3) is 0.684. The second-order valence-corrected chi connectivity index (χ2v) is 7.71. The Bertz CT molecular complexity index is 583. The molecule has 2 aliphatic rings. The number of hydrogen-bond acceptors (Lipinski definition) is 4. The van der Waals surface area contributed by atoms with E-state index in [0.29, 0.717) is 30.5 Å². The highest BCUT2D eigenvalue weighted by Gasteiger charge is 2.33. The molecule has 0 radical (unpaired) electrons. The molecule has 2 fully saturated rings. The number of carbonyl (C=O) groups excluding carboxylic acids is 2. The zero-order chi connectivity index (χ0) is 18.0. The maximum atomic E-state index is 12.9. The third kappa shape index (κ3) is 4.06. The van der Waals surface area contributed by atoms with Crippen LogP contribution >= 0.6 is 0 Å². The molecule has 1 aromatic rings. The Morgan fingerprint density at radius 3 is 2.28 bits per heavy atom. The lowest BCUT2D eigenvalue weighted by Gasteiger charge is -2.41. The van der Waals surface area contributed by atoms with Crippen molar-refractivity contribution in [3.63, 3.8) is 0 Å². The van der Waals surface area contributed by atoms with E-state index in [4.69, 9.17) is 4.42 Å². The van der Waals surface area contributed by atoms with E-state index < -0.39 is 0 Å². The lowest BCUT2D eigenvalue weighted by molar-refractivity contribution is -0.139. The van der Waals surface area contributed by atoms with Crippen LogP contribution in [0.1, 0.15) is 37.6 Å². The number of rotatable bonds is 3. The maximum absolute atomic E-state index is 12.9. The van der Waals surface area contributed by atoms with Crippen molar-refractivity contribution in [1.82, 2.24) is 14.7 Å². The molecule has 2 amide bonds. The van der Waals surface area contributed by atoms with Crippen molar-refractivity contribution >= 4 is 11.8 Å². The number of amides is 2. The fourth-order valence-electron chi connectivity index (χ4n) is 4.14. The molecule has 6 heteroatoms. The van der Waals surface area contributed by atoms with Gasteiger partial charge < -0.3 is 14.2 Å². The van der Waals surface area contributed by atoms with Crippen molar-refractivity contribution in [2.45, 2.75) is 33.2 Å². The summed E-state index contributed by atoms with van der Waals surface area (Å²) in [4.78, 5) is 31.3. The largest absolute Gasteiger partial charge is 0.472 e. The summed E-state index contributed by atoms with van der Waals surface area (Å²) in [6, 6.07) is 1.57. The van der Waals surface area contributed by atoms with E-state index in [0.717, 1.165) is 26.2 Å². The fourth-order valence-corrected chi connectivity index (χ4v) is 4.14. The third-order valence-corrected chi connectivity index (χ3v) is 5.46. The van der Waals surface area contributed by atoms with E-state index in [2.05, 4.69) is 18.7 Å². The first kappa shape index (κ1) is 18.0. The molecule has 0 aromatic carbocycles. The smallest absolute Gasteiger partial charge is 0.257 e. The van der Waals surface area contributed by atoms with E-state index in [1.807, 2.05) is 16.7 Å². The van der Waals surface area contributed by atoms with E-state index in [1.165, 1.54) is 18.9 Å². The average molecular weight is 347 g/mol. The summed E-state index contributed by atoms with van der Waals surface area (Å²) in [5.74, 6) is 1.38. The van der Waals surface area contributed by atoms with Crippen LogP contribution in [0.3, 0.4) is 0 Å². The van der Waals surface area contributed by atoms with Crippen LogP contribution in [0.4, 0.5) is 0 Å². The van der Waals surface area contributed by atoms with Gasteiger partial charge in [-0.3, -0.25) is 14.5 Å². The summed E-state index contributed by atoms with van der Waals surface area (Å²) in [6.07, 6.45) is 4.21. The zero-order valence-corrected chi connectivity index (χ0v) is 15.5. The molecule has 25 heavy (non-hydrogen) atoms. The van der Waals surface area contributed by atoms with Gasteiger partial charge in [0.2, 0.25) is 5.91 Å². The molecule has 3 heterocycles. The molecule has 0 aliphatic carbocycles. The van der Waals surface area contributed by atoms with Crippen LogP contribution in [0.5, 0.6) is 0 Å². The molecule has 3 rings (SSSR count). The van der Waals surface area contributed by atoms with Crippen LogP contribution in [0.15, 0.2) is 23.0 Å². The Kier molecular flexibility index (Phi) is 5.47. The Balaban J connectivity index is 1.53. The highest BCUT2D eigenvalue weighted by molar-refractivity contribution is 5.93. The quantitative estimate of drug-likeness (QED) is 0.838. The minimum atomic E-state index is -0.122. The van der Waals surface area contributed by atoms with Gasteiger partial charge in [-0.05, 0) is 31.2 Å². The molecule has 0 N–H and O–H groups in total. The molecular weight excluding hydrogens is 318 g/mol. The SMILES string of the molecule is CC1CC(C)CN(C(=O)C(C)N2CCN(C(=O)c3ccoc3)CC2)C1. The monoisotopic (exact) mass is 347 g/mol. The second-order valence-electron chi connectivity index (χ2n) is 7.71. The normalized spacial score (nSPS) is 26.5. The summed E-state index contributed by atoms with van der Waals surface area (Å²) >= 11 is 0. The standard InChI is InChI=1S/C19H29N3O3/c1-14-10-15(2)12-22(11-14)18(23)16(3)20-5-7-21(8-6-20)19(24)17-4-9-25-13-17/h4,9,13-16H,5-8,10-12H2,1-3H3. The predicted molar refractivity (Wildman–Crippen MR) is 95.2 cm³/mol. The molecule has 138 valence electrons. The molecule has 3 unspecified atom stereocenters. The van der Waals surface area contributed by atoms with Gasteiger partial charge in [0, 0.05) is 39.3 Å². The van der Waals surface area contributed by atoms with Crippen molar-refractivity contribution in [2.24, 2.45) is 11.8 Å². The minimum absolute atomic E-state index is 0.00561. The molecule has 0 saturated carbocycles. The van der Waals surface area contributed by atoms with Crippen molar-refractivity contribution in [3.05, 3.63) is 24.2 Å². The number of piperazine rings is 1.